The van der Waals surface area contributed by atoms with Gasteiger partial charge in [-0.2, -0.15) is 0 Å². The first-order chi connectivity index (χ1) is 20.3. The summed E-state index contributed by atoms with van der Waals surface area (Å²) < 4.78 is 0. The van der Waals surface area contributed by atoms with Crippen LogP contribution >= 0.6 is 11.8 Å². The van der Waals surface area contributed by atoms with Crippen LogP contribution in [0.3, 0.4) is 0 Å². The van der Waals surface area contributed by atoms with Crippen molar-refractivity contribution in [3.63, 3.8) is 0 Å². The minimum Gasteiger partial charge on any atom is -0.368 e. The highest BCUT2D eigenvalue weighted by Crippen LogP contribution is 2.26. The number of unbranched alkanes of at least 4 members (excludes halogenated alkanes) is 1. The van der Waals surface area contributed by atoms with E-state index in [1.165, 1.54) is 6.92 Å². The van der Waals surface area contributed by atoms with Crippen LogP contribution in [0.15, 0.2) is 0 Å². The second kappa shape index (κ2) is 19.5. The van der Waals surface area contributed by atoms with Crippen LogP contribution in [0.25, 0.3) is 0 Å². The molecule has 0 aromatic heterocycles. The second-order valence-electron chi connectivity index (χ2n) is 10.2. The average molecular weight is 628 g/mol. The van der Waals surface area contributed by atoms with Gasteiger partial charge in [-0.05, 0) is 26.2 Å². The molecule has 8 amide bonds. The van der Waals surface area contributed by atoms with E-state index in [1.807, 2.05) is 0 Å². The van der Waals surface area contributed by atoms with Gasteiger partial charge in [0.05, 0.1) is 5.25 Å². The summed E-state index contributed by atoms with van der Waals surface area (Å²) in [6.45, 7) is 6.96. The Bertz CT molecular complexity index is 1040. The Labute approximate surface area is 255 Å². The summed E-state index contributed by atoms with van der Waals surface area (Å²) in [6.07, 6.45) is 1.63. The number of hydrogen-bond acceptors (Lipinski definition) is 9. The zero-order valence-corrected chi connectivity index (χ0v) is 26.1. The van der Waals surface area contributed by atoms with Crippen molar-refractivity contribution in [2.24, 2.45) is 5.73 Å². The molecule has 7 N–H and O–H groups in total. The van der Waals surface area contributed by atoms with Crippen molar-refractivity contribution < 1.29 is 38.4 Å². The van der Waals surface area contributed by atoms with Crippen molar-refractivity contribution in [2.75, 3.05) is 25.4 Å². The smallest absolute Gasteiger partial charge is 0.243 e. The molecule has 0 bridgehead atoms. The highest BCUT2D eigenvalue weighted by molar-refractivity contribution is 8.00. The van der Waals surface area contributed by atoms with Gasteiger partial charge in [0.25, 0.3) is 0 Å². The quantitative estimate of drug-likeness (QED) is 0.0677. The van der Waals surface area contributed by atoms with Crippen LogP contribution in [-0.4, -0.2) is 101 Å². The lowest BCUT2D eigenvalue weighted by Gasteiger charge is -2.22. The number of nitrogens with two attached hydrogens (primary N) is 1. The summed E-state index contributed by atoms with van der Waals surface area (Å²) in [4.78, 5) is 98.0. The van der Waals surface area contributed by atoms with Crippen molar-refractivity contribution in [1.29, 1.82) is 0 Å². The van der Waals surface area contributed by atoms with E-state index in [0.29, 0.717) is 25.8 Å². The molecule has 242 valence electrons. The molecule has 1 heterocycles. The van der Waals surface area contributed by atoms with Gasteiger partial charge >= 0.3 is 0 Å². The number of primary amides is 1. The second-order valence-corrected chi connectivity index (χ2v) is 11.4. The highest BCUT2D eigenvalue weighted by Gasteiger charge is 2.39. The lowest BCUT2D eigenvalue weighted by atomic mass is 10.1. The van der Waals surface area contributed by atoms with Gasteiger partial charge in [-0.1, -0.05) is 13.8 Å². The van der Waals surface area contributed by atoms with Gasteiger partial charge in [0, 0.05) is 64.0 Å². The van der Waals surface area contributed by atoms with Gasteiger partial charge in [-0.3, -0.25) is 43.3 Å². The van der Waals surface area contributed by atoms with Crippen molar-refractivity contribution in [3.05, 3.63) is 0 Å². The summed E-state index contributed by atoms with van der Waals surface area (Å²) >= 11 is 0.996. The first kappa shape index (κ1) is 37.3. The Morgan fingerprint density at radius 1 is 0.930 bits per heavy atom. The average Bonchev–Trinajstić information content (AvgIpc) is 3.22. The Kier molecular flexibility index (Phi) is 16.9. The monoisotopic (exact) mass is 627 g/mol. The molecular formula is C27H45N7O8S. The summed E-state index contributed by atoms with van der Waals surface area (Å²) in [5, 5.41) is 12.4. The number of nitrogens with one attached hydrogen (secondary N) is 5. The molecule has 1 rings (SSSR count). The van der Waals surface area contributed by atoms with Crippen LogP contribution in [0.2, 0.25) is 0 Å². The predicted octanol–water partition coefficient (Wildman–Crippen LogP) is -1.56. The normalized spacial score (nSPS) is 16.6. The molecule has 1 fully saturated rings. The van der Waals surface area contributed by atoms with Crippen LogP contribution in [0.4, 0.5) is 0 Å². The summed E-state index contributed by atoms with van der Waals surface area (Å²) in [6, 6.07) is -2.39. The first-order valence-electron chi connectivity index (χ1n) is 14.4. The van der Waals surface area contributed by atoms with E-state index >= 15 is 0 Å². The minimum absolute atomic E-state index is 0.0857. The SMILES string of the molecule is CCC(=O)NCCCCC(NC(=O)CC)C(=O)NC(CSC1CC(=O)N(CCC(=O)NCC(C)NC(C)=O)C1=O)C(N)=O. The molecule has 1 aliphatic rings. The first-order valence-corrected chi connectivity index (χ1v) is 15.5. The number of amides is 8. The van der Waals surface area contributed by atoms with Crippen LogP contribution in [0.1, 0.15) is 72.6 Å². The predicted molar refractivity (Wildman–Crippen MR) is 159 cm³/mol. The number of likely N-dealkylation sites (tertiary alicyclic amines) is 1. The Hall–Kier alpha value is -3.69. The largest absolute Gasteiger partial charge is 0.368 e. The lowest BCUT2D eigenvalue weighted by Crippen LogP contribution is -2.54. The Morgan fingerprint density at radius 3 is 2.21 bits per heavy atom. The number of hydrogen-bond donors (Lipinski definition) is 6. The summed E-state index contributed by atoms with van der Waals surface area (Å²) in [7, 11) is 0. The molecule has 1 aliphatic heterocycles. The molecule has 0 saturated carbocycles. The standard InChI is InChI=1S/C27H45N7O8S/c1-5-21(36)29-11-8-7-9-18(32-22(37)6-2)26(41)33-19(25(28)40)15-43-20-13-24(39)34(27(20)42)12-10-23(38)30-14-16(3)31-17(4)35/h16,18-20H,5-15H2,1-4H3,(H2,28,40)(H,29,36)(H,30,38)(H,31,35)(H,32,37)(H,33,41). The van der Waals surface area contributed by atoms with Crippen LogP contribution in [-0.2, 0) is 38.4 Å². The maximum Gasteiger partial charge on any atom is 0.243 e. The number of thioether (sulfide) groups is 1. The van der Waals surface area contributed by atoms with E-state index in [-0.39, 0.29) is 74.2 Å². The van der Waals surface area contributed by atoms with Crippen LogP contribution in [0, 0.1) is 0 Å². The van der Waals surface area contributed by atoms with Gasteiger partial charge in [0.1, 0.15) is 12.1 Å². The molecule has 43 heavy (non-hydrogen) atoms. The van der Waals surface area contributed by atoms with Gasteiger partial charge in [-0.25, -0.2) is 0 Å². The van der Waals surface area contributed by atoms with Gasteiger partial charge in [0.15, 0.2) is 0 Å². The fourth-order valence-corrected chi connectivity index (χ4v) is 5.26. The molecule has 15 nitrogen and oxygen atoms in total. The third-order valence-electron chi connectivity index (χ3n) is 6.48. The van der Waals surface area contributed by atoms with Crippen molar-refractivity contribution in [3.8, 4) is 0 Å². The molecule has 0 aliphatic carbocycles. The van der Waals surface area contributed by atoms with Crippen LogP contribution < -0.4 is 32.3 Å². The number of nitrogens with zero attached hydrogens (tertiary/aromatic N) is 1. The van der Waals surface area contributed by atoms with E-state index in [2.05, 4.69) is 26.6 Å². The van der Waals surface area contributed by atoms with E-state index < -0.39 is 41.0 Å². The maximum atomic E-state index is 13.0. The van der Waals surface area contributed by atoms with Crippen molar-refractivity contribution in [1.82, 2.24) is 31.5 Å². The molecule has 0 aromatic carbocycles. The zero-order chi connectivity index (χ0) is 32.5. The third kappa shape index (κ3) is 14.4. The third-order valence-corrected chi connectivity index (χ3v) is 7.78. The number of imide groups is 1. The number of rotatable bonds is 20. The van der Waals surface area contributed by atoms with Crippen molar-refractivity contribution >= 4 is 59.0 Å². The highest BCUT2D eigenvalue weighted by atomic mass is 32.2. The van der Waals surface area contributed by atoms with Crippen LogP contribution in [0.5, 0.6) is 0 Å². The topological polar surface area (TPSA) is 226 Å². The molecule has 4 unspecified atom stereocenters. The molecule has 0 aromatic rings. The molecule has 1 saturated heterocycles. The van der Waals surface area contributed by atoms with Gasteiger partial charge in [-0.15, -0.1) is 11.8 Å². The molecule has 4 atom stereocenters. The lowest BCUT2D eigenvalue weighted by molar-refractivity contribution is -0.138. The number of carbonyl (C=O) groups excluding carboxylic acids is 8. The van der Waals surface area contributed by atoms with Gasteiger partial charge in [0.2, 0.25) is 47.3 Å². The summed E-state index contributed by atoms with van der Waals surface area (Å²) in [5.74, 6) is -3.57. The Morgan fingerprint density at radius 2 is 1.60 bits per heavy atom. The molecule has 0 spiro atoms. The molecule has 0 radical (unpaired) electrons. The molecular weight excluding hydrogens is 582 g/mol. The van der Waals surface area contributed by atoms with Gasteiger partial charge < -0.3 is 32.3 Å². The fourth-order valence-electron chi connectivity index (χ4n) is 4.06. The minimum atomic E-state index is -1.17. The zero-order valence-electron chi connectivity index (χ0n) is 25.3. The van der Waals surface area contributed by atoms with E-state index in [9.17, 15) is 38.4 Å². The summed E-state index contributed by atoms with van der Waals surface area (Å²) in [5.41, 5.74) is 5.50. The van der Waals surface area contributed by atoms with E-state index in [4.69, 9.17) is 5.73 Å². The maximum absolute atomic E-state index is 13.0. The Balaban J connectivity index is 2.65. The van der Waals surface area contributed by atoms with E-state index in [0.717, 1.165) is 16.7 Å². The van der Waals surface area contributed by atoms with Crippen molar-refractivity contribution in [2.45, 2.75) is 96.0 Å². The molecule has 16 heteroatoms. The number of carbonyl (C=O) groups is 8. The van der Waals surface area contributed by atoms with E-state index in [1.54, 1.807) is 20.8 Å². The fraction of sp³-hybridized carbons (Fsp3) is 0.704.